The SMILES string of the molecule is CCC1N(Cc2ccccc2)CCC1(N)CC(N)=O. The van der Waals surface area contributed by atoms with Crippen molar-refractivity contribution in [2.24, 2.45) is 11.5 Å². The zero-order chi connectivity index (χ0) is 13.9. The van der Waals surface area contributed by atoms with Crippen LogP contribution in [-0.4, -0.2) is 28.9 Å². The summed E-state index contributed by atoms with van der Waals surface area (Å²) in [5.41, 5.74) is 12.6. The molecule has 1 aromatic rings. The van der Waals surface area contributed by atoms with Crippen molar-refractivity contribution in [3.63, 3.8) is 0 Å². The molecule has 0 aromatic heterocycles. The van der Waals surface area contributed by atoms with E-state index in [0.29, 0.717) is 0 Å². The highest BCUT2D eigenvalue weighted by molar-refractivity contribution is 5.75. The Hall–Kier alpha value is -1.39. The number of carbonyl (C=O) groups is 1. The van der Waals surface area contributed by atoms with Crippen LogP contribution in [0.5, 0.6) is 0 Å². The van der Waals surface area contributed by atoms with Gasteiger partial charge >= 0.3 is 0 Å². The van der Waals surface area contributed by atoms with Crippen LogP contribution < -0.4 is 11.5 Å². The van der Waals surface area contributed by atoms with Crippen molar-refractivity contribution in [3.05, 3.63) is 35.9 Å². The molecule has 1 aliphatic heterocycles. The van der Waals surface area contributed by atoms with Crippen molar-refractivity contribution in [1.82, 2.24) is 4.90 Å². The average molecular weight is 261 g/mol. The summed E-state index contributed by atoms with van der Waals surface area (Å²) in [6.07, 6.45) is 2.05. The first-order valence-corrected chi connectivity index (χ1v) is 6.90. The smallest absolute Gasteiger partial charge is 0.219 e. The van der Waals surface area contributed by atoms with Crippen molar-refractivity contribution < 1.29 is 4.79 Å². The molecule has 0 bridgehead atoms. The van der Waals surface area contributed by atoms with Crippen LogP contribution in [0.25, 0.3) is 0 Å². The van der Waals surface area contributed by atoms with E-state index < -0.39 is 5.54 Å². The molecule has 4 N–H and O–H groups in total. The van der Waals surface area contributed by atoms with Crippen LogP contribution in [0.3, 0.4) is 0 Å². The molecule has 2 rings (SSSR count). The summed E-state index contributed by atoms with van der Waals surface area (Å²) in [5.74, 6) is -0.303. The Kier molecular flexibility index (Phi) is 4.22. The first kappa shape index (κ1) is 14.0. The highest BCUT2D eigenvalue weighted by atomic mass is 16.1. The Morgan fingerprint density at radius 1 is 1.42 bits per heavy atom. The standard InChI is InChI=1S/C15H23N3O/c1-2-13-15(17,10-14(16)19)8-9-18(13)11-12-6-4-3-5-7-12/h3-7,13H,2,8-11,17H2,1H3,(H2,16,19). The van der Waals surface area contributed by atoms with Crippen LogP contribution in [0.2, 0.25) is 0 Å². The third kappa shape index (κ3) is 3.14. The monoisotopic (exact) mass is 261 g/mol. The maximum Gasteiger partial charge on any atom is 0.219 e. The van der Waals surface area contributed by atoms with Crippen LogP contribution in [0.1, 0.15) is 31.7 Å². The molecule has 1 amide bonds. The second kappa shape index (κ2) is 5.72. The molecule has 4 heteroatoms. The minimum absolute atomic E-state index is 0.222. The van der Waals surface area contributed by atoms with Gasteiger partial charge < -0.3 is 11.5 Å². The molecule has 1 heterocycles. The third-order valence-corrected chi connectivity index (χ3v) is 4.09. The van der Waals surface area contributed by atoms with Crippen molar-refractivity contribution in [1.29, 1.82) is 0 Å². The number of benzene rings is 1. The summed E-state index contributed by atoms with van der Waals surface area (Å²) in [5, 5.41) is 0. The van der Waals surface area contributed by atoms with Crippen LogP contribution in [-0.2, 0) is 11.3 Å². The maximum absolute atomic E-state index is 11.2. The molecule has 0 aliphatic carbocycles. The van der Waals surface area contributed by atoms with Crippen molar-refractivity contribution in [2.45, 2.75) is 44.3 Å². The average Bonchev–Trinajstić information content (AvgIpc) is 2.66. The minimum Gasteiger partial charge on any atom is -0.370 e. The van der Waals surface area contributed by atoms with E-state index in [4.69, 9.17) is 11.5 Å². The number of rotatable bonds is 5. The third-order valence-electron chi connectivity index (χ3n) is 4.09. The summed E-state index contributed by atoms with van der Waals surface area (Å²) in [6, 6.07) is 10.6. The Bertz CT molecular complexity index is 434. The first-order chi connectivity index (χ1) is 9.05. The number of primary amides is 1. The van der Waals surface area contributed by atoms with Gasteiger partial charge in [0.25, 0.3) is 0 Å². The molecule has 0 radical (unpaired) electrons. The Morgan fingerprint density at radius 2 is 2.11 bits per heavy atom. The molecule has 4 nitrogen and oxygen atoms in total. The molecule has 1 aromatic carbocycles. The van der Waals surface area contributed by atoms with Gasteiger partial charge in [0, 0.05) is 31.1 Å². The van der Waals surface area contributed by atoms with Crippen LogP contribution in [0, 0.1) is 0 Å². The lowest BCUT2D eigenvalue weighted by Crippen LogP contribution is -2.53. The van der Waals surface area contributed by atoms with Gasteiger partial charge in [-0.05, 0) is 18.4 Å². The Balaban J connectivity index is 2.09. The number of hydrogen-bond donors (Lipinski definition) is 2. The zero-order valence-corrected chi connectivity index (χ0v) is 11.5. The molecule has 104 valence electrons. The lowest BCUT2D eigenvalue weighted by atomic mass is 9.86. The summed E-state index contributed by atoms with van der Waals surface area (Å²) in [7, 11) is 0. The molecule has 1 saturated heterocycles. The maximum atomic E-state index is 11.2. The predicted molar refractivity (Wildman–Crippen MR) is 76.3 cm³/mol. The molecule has 19 heavy (non-hydrogen) atoms. The van der Waals surface area contributed by atoms with E-state index >= 15 is 0 Å². The van der Waals surface area contributed by atoms with Crippen molar-refractivity contribution >= 4 is 5.91 Å². The summed E-state index contributed by atoms with van der Waals surface area (Å²) >= 11 is 0. The van der Waals surface area contributed by atoms with Gasteiger partial charge in [-0.15, -0.1) is 0 Å². The van der Waals surface area contributed by atoms with E-state index in [-0.39, 0.29) is 18.4 Å². The fourth-order valence-electron chi connectivity index (χ4n) is 3.24. The van der Waals surface area contributed by atoms with Crippen LogP contribution in [0.4, 0.5) is 0 Å². The van der Waals surface area contributed by atoms with Gasteiger partial charge in [-0.25, -0.2) is 0 Å². The highest BCUT2D eigenvalue weighted by Gasteiger charge is 2.44. The van der Waals surface area contributed by atoms with Crippen molar-refractivity contribution in [2.75, 3.05) is 6.54 Å². The molecule has 1 aliphatic rings. The quantitative estimate of drug-likeness (QED) is 0.837. The molecular formula is C15H23N3O. The summed E-state index contributed by atoms with van der Waals surface area (Å²) in [6.45, 7) is 3.94. The normalized spacial score (nSPS) is 27.6. The van der Waals surface area contributed by atoms with E-state index in [1.807, 2.05) is 18.2 Å². The second-order valence-electron chi connectivity index (χ2n) is 5.51. The Morgan fingerprint density at radius 3 is 2.68 bits per heavy atom. The molecule has 2 unspecified atom stereocenters. The van der Waals surface area contributed by atoms with Crippen LogP contribution in [0.15, 0.2) is 30.3 Å². The van der Waals surface area contributed by atoms with Gasteiger partial charge in [-0.3, -0.25) is 9.69 Å². The number of carbonyl (C=O) groups excluding carboxylic acids is 1. The fraction of sp³-hybridized carbons (Fsp3) is 0.533. The largest absolute Gasteiger partial charge is 0.370 e. The summed E-state index contributed by atoms with van der Waals surface area (Å²) in [4.78, 5) is 13.6. The predicted octanol–water partition coefficient (Wildman–Crippen LogP) is 1.24. The molecule has 0 saturated carbocycles. The van der Waals surface area contributed by atoms with Gasteiger partial charge in [-0.1, -0.05) is 37.3 Å². The van der Waals surface area contributed by atoms with Crippen LogP contribution >= 0.6 is 0 Å². The van der Waals surface area contributed by atoms with Gasteiger partial charge in [0.2, 0.25) is 5.91 Å². The van der Waals surface area contributed by atoms with Gasteiger partial charge in [0.15, 0.2) is 0 Å². The van der Waals surface area contributed by atoms with E-state index in [1.54, 1.807) is 0 Å². The molecule has 0 spiro atoms. The van der Waals surface area contributed by atoms with E-state index in [2.05, 4.69) is 24.0 Å². The minimum atomic E-state index is -0.463. The lowest BCUT2D eigenvalue weighted by molar-refractivity contribution is -0.119. The number of likely N-dealkylation sites (tertiary alicyclic amines) is 1. The number of amides is 1. The topological polar surface area (TPSA) is 72.3 Å². The number of hydrogen-bond acceptors (Lipinski definition) is 3. The van der Waals surface area contributed by atoms with E-state index in [1.165, 1.54) is 5.56 Å². The summed E-state index contributed by atoms with van der Waals surface area (Å²) < 4.78 is 0. The highest BCUT2D eigenvalue weighted by Crippen LogP contribution is 2.32. The lowest BCUT2D eigenvalue weighted by Gasteiger charge is -2.34. The first-order valence-electron chi connectivity index (χ1n) is 6.90. The molecular weight excluding hydrogens is 238 g/mol. The molecule has 1 fully saturated rings. The number of nitrogens with two attached hydrogens (primary N) is 2. The Labute approximate surface area is 114 Å². The van der Waals surface area contributed by atoms with Crippen molar-refractivity contribution in [3.8, 4) is 0 Å². The molecule has 2 atom stereocenters. The van der Waals surface area contributed by atoms with E-state index in [0.717, 1.165) is 25.9 Å². The zero-order valence-electron chi connectivity index (χ0n) is 11.5. The van der Waals surface area contributed by atoms with Gasteiger partial charge in [0.1, 0.15) is 0 Å². The van der Waals surface area contributed by atoms with Gasteiger partial charge in [0.05, 0.1) is 0 Å². The van der Waals surface area contributed by atoms with Gasteiger partial charge in [-0.2, -0.15) is 0 Å². The number of nitrogens with zero attached hydrogens (tertiary/aromatic N) is 1. The second-order valence-corrected chi connectivity index (χ2v) is 5.51. The van der Waals surface area contributed by atoms with E-state index in [9.17, 15) is 4.79 Å². The fourth-order valence-corrected chi connectivity index (χ4v) is 3.24.